The summed E-state index contributed by atoms with van der Waals surface area (Å²) in [4.78, 5) is 21.1. The quantitative estimate of drug-likeness (QED) is 0.292. The van der Waals surface area contributed by atoms with E-state index in [1.807, 2.05) is 0 Å². The van der Waals surface area contributed by atoms with Crippen LogP contribution in [0.1, 0.15) is 39.5 Å². The van der Waals surface area contributed by atoms with Gasteiger partial charge in [-0.2, -0.15) is 0 Å². The Bertz CT molecular complexity index is 726. The second-order valence-corrected chi connectivity index (χ2v) is 11.3. The number of fused-ring (bicyclic) bond motifs is 1. The van der Waals surface area contributed by atoms with Crippen LogP contribution in [-0.4, -0.2) is 103 Å². The first-order chi connectivity index (χ1) is 15.8. The number of rotatable bonds is 8. The zero-order chi connectivity index (χ0) is 23.8. The lowest BCUT2D eigenvalue weighted by Gasteiger charge is -2.47. The third-order valence-corrected chi connectivity index (χ3v) is 8.80. The highest BCUT2D eigenvalue weighted by Crippen LogP contribution is 2.54. The highest BCUT2D eigenvalue weighted by molar-refractivity contribution is 6.30. The second-order valence-electron chi connectivity index (χ2n) is 10.8. The van der Waals surface area contributed by atoms with Crippen LogP contribution in [0.5, 0.6) is 0 Å². The number of carbonyl (C=O) groups excluding carboxylic acids is 1. The number of nitrogens with two attached hydrogens (primary N) is 2. The Hall–Kier alpha value is -0.740. The number of hydrogen-bond donors (Lipinski definition) is 4. The lowest BCUT2D eigenvalue weighted by molar-refractivity contribution is -0.127. The molecular formula is C24H44ClN7O. The average Bonchev–Trinajstić information content (AvgIpc) is 3.40. The van der Waals surface area contributed by atoms with Crippen LogP contribution in [0.3, 0.4) is 0 Å². The van der Waals surface area contributed by atoms with Crippen molar-refractivity contribution in [1.82, 2.24) is 25.3 Å². The van der Waals surface area contributed by atoms with Gasteiger partial charge >= 0.3 is 0 Å². The molecule has 0 aliphatic carbocycles. The van der Waals surface area contributed by atoms with Gasteiger partial charge in [0, 0.05) is 61.9 Å². The molecule has 3 fully saturated rings. The topological polar surface area (TPSA) is 103 Å². The molecule has 4 aliphatic heterocycles. The minimum absolute atomic E-state index is 0.00331. The van der Waals surface area contributed by atoms with Crippen molar-refractivity contribution in [3.05, 3.63) is 11.1 Å². The molecule has 33 heavy (non-hydrogen) atoms. The number of unbranched alkanes of at least 4 members (excludes halogenated alkanes) is 1. The molecule has 6 N–H and O–H groups in total. The summed E-state index contributed by atoms with van der Waals surface area (Å²) in [5.41, 5.74) is 12.6. The first-order valence-corrected chi connectivity index (χ1v) is 13.2. The third-order valence-electron chi connectivity index (χ3n) is 8.52. The fourth-order valence-corrected chi connectivity index (χ4v) is 6.86. The molecule has 8 nitrogen and oxygen atoms in total. The normalized spacial score (nSPS) is 38.5. The molecule has 1 amide bonds. The Labute approximate surface area is 204 Å². The molecule has 0 aromatic carbocycles. The summed E-state index contributed by atoms with van der Waals surface area (Å²) in [5, 5.41) is 7.79. The first kappa shape index (κ1) is 25.4. The lowest BCUT2D eigenvalue weighted by Crippen LogP contribution is -2.66. The fraction of sp³-hybridized carbons (Fsp3) is 0.875. The number of hydrogen-bond acceptors (Lipinski definition) is 7. The Kier molecular flexibility index (Phi) is 8.05. The van der Waals surface area contributed by atoms with Crippen molar-refractivity contribution in [2.75, 3.05) is 52.9 Å². The first-order valence-electron chi connectivity index (χ1n) is 12.8. The second kappa shape index (κ2) is 10.5. The van der Waals surface area contributed by atoms with Crippen LogP contribution in [0.4, 0.5) is 0 Å². The summed E-state index contributed by atoms with van der Waals surface area (Å²) < 4.78 is 0. The maximum atomic E-state index is 13.8. The smallest absolute Gasteiger partial charge is 0.228 e. The van der Waals surface area contributed by atoms with Gasteiger partial charge in [-0.1, -0.05) is 44.4 Å². The number of nitrogens with zero attached hydrogens (tertiary/aromatic N) is 3. The molecule has 0 spiro atoms. The highest BCUT2D eigenvalue weighted by atomic mass is 35.5. The zero-order valence-corrected chi connectivity index (χ0v) is 21.4. The van der Waals surface area contributed by atoms with Crippen LogP contribution < -0.4 is 22.1 Å². The Morgan fingerprint density at radius 1 is 1.30 bits per heavy atom. The predicted molar refractivity (Wildman–Crippen MR) is 134 cm³/mol. The summed E-state index contributed by atoms with van der Waals surface area (Å²) in [5.74, 6) is 0.0169. The molecule has 0 aromatic heterocycles. The minimum Gasteiger partial charge on any atom is -0.350 e. The summed E-state index contributed by atoms with van der Waals surface area (Å²) in [6.45, 7) is 11.2. The monoisotopic (exact) mass is 481 g/mol. The van der Waals surface area contributed by atoms with Gasteiger partial charge in [0.05, 0.1) is 18.1 Å². The van der Waals surface area contributed by atoms with Crippen LogP contribution in [-0.2, 0) is 4.79 Å². The number of likely N-dealkylation sites (N-methyl/N-ethyl adjacent to an activating group) is 1. The molecule has 3 saturated heterocycles. The molecule has 4 rings (SSSR count). The maximum absolute atomic E-state index is 13.8. The molecule has 7 atom stereocenters. The van der Waals surface area contributed by atoms with E-state index in [9.17, 15) is 4.79 Å². The predicted octanol–water partition coefficient (Wildman–Crippen LogP) is 0.326. The van der Waals surface area contributed by atoms with Gasteiger partial charge in [0.1, 0.15) is 0 Å². The molecule has 0 saturated carbocycles. The molecule has 0 radical (unpaired) electrons. The summed E-state index contributed by atoms with van der Waals surface area (Å²) >= 11 is 6.39. The lowest BCUT2D eigenvalue weighted by atomic mass is 9.84. The largest absolute Gasteiger partial charge is 0.350 e. The van der Waals surface area contributed by atoms with Gasteiger partial charge in [0.25, 0.3) is 0 Å². The fourth-order valence-electron chi connectivity index (χ4n) is 6.66. The van der Waals surface area contributed by atoms with Crippen molar-refractivity contribution < 1.29 is 4.79 Å². The van der Waals surface area contributed by atoms with Gasteiger partial charge in [0.15, 0.2) is 0 Å². The number of piperidine rings is 1. The summed E-state index contributed by atoms with van der Waals surface area (Å²) in [6.07, 6.45) is 5.61. The number of amides is 1. The van der Waals surface area contributed by atoms with Crippen LogP contribution >= 0.6 is 11.6 Å². The molecule has 188 valence electrons. The summed E-state index contributed by atoms with van der Waals surface area (Å²) in [7, 11) is 2.18. The van der Waals surface area contributed by atoms with Gasteiger partial charge < -0.3 is 27.0 Å². The van der Waals surface area contributed by atoms with Crippen molar-refractivity contribution in [3.8, 4) is 0 Å². The summed E-state index contributed by atoms with van der Waals surface area (Å²) in [6, 6.07) is 0.424. The van der Waals surface area contributed by atoms with E-state index in [1.54, 1.807) is 0 Å². The number of piperazine rings is 1. The van der Waals surface area contributed by atoms with Crippen LogP contribution in [0.25, 0.3) is 0 Å². The molecule has 7 unspecified atom stereocenters. The highest BCUT2D eigenvalue weighted by Gasteiger charge is 2.66. The van der Waals surface area contributed by atoms with E-state index in [0.717, 1.165) is 70.0 Å². The third kappa shape index (κ3) is 5.13. The maximum Gasteiger partial charge on any atom is 0.228 e. The zero-order valence-electron chi connectivity index (χ0n) is 20.6. The van der Waals surface area contributed by atoms with Crippen molar-refractivity contribution in [3.63, 3.8) is 0 Å². The number of nitrogens with one attached hydrogen (secondary N) is 2. The molecule has 4 aliphatic rings. The number of halogens is 1. The van der Waals surface area contributed by atoms with E-state index in [4.69, 9.17) is 23.1 Å². The van der Waals surface area contributed by atoms with Gasteiger partial charge in [-0.15, -0.1) is 0 Å². The Morgan fingerprint density at radius 2 is 2.03 bits per heavy atom. The van der Waals surface area contributed by atoms with Crippen LogP contribution in [0, 0.1) is 11.8 Å². The van der Waals surface area contributed by atoms with E-state index in [0.29, 0.717) is 18.5 Å². The van der Waals surface area contributed by atoms with Crippen molar-refractivity contribution in [1.29, 1.82) is 0 Å². The Balaban J connectivity index is 1.49. The van der Waals surface area contributed by atoms with Crippen LogP contribution in [0.2, 0.25) is 0 Å². The molecule has 0 aromatic rings. The van der Waals surface area contributed by atoms with E-state index in [1.165, 1.54) is 0 Å². The minimum atomic E-state index is -0.700. The van der Waals surface area contributed by atoms with Gasteiger partial charge in [-0.25, -0.2) is 0 Å². The van der Waals surface area contributed by atoms with E-state index in [2.05, 4.69) is 52.3 Å². The van der Waals surface area contributed by atoms with Crippen molar-refractivity contribution in [2.24, 2.45) is 23.3 Å². The molecule has 4 heterocycles. The van der Waals surface area contributed by atoms with Crippen molar-refractivity contribution in [2.45, 2.75) is 69.4 Å². The van der Waals surface area contributed by atoms with Gasteiger partial charge in [0.2, 0.25) is 5.91 Å². The van der Waals surface area contributed by atoms with Gasteiger partial charge in [-0.05, 0) is 32.4 Å². The standard InChI is InChI=1S/C24H44ClN7O/c1-4-5-7-24-8-6-17(25)15-32(24)21(24)19(22(26)27)23(33)29-18-14-28-13-16(2)20(18)31-11-9-30(3)10-12-31/h6,16,18-22,28H,4-5,7-15,26-27H2,1-3H3,(H,29,33). The van der Waals surface area contributed by atoms with Gasteiger partial charge in [-0.3, -0.25) is 14.6 Å². The van der Waals surface area contributed by atoms with E-state index < -0.39 is 12.1 Å². The number of carbonyl (C=O) groups is 1. The van der Waals surface area contributed by atoms with E-state index in [-0.39, 0.29) is 23.5 Å². The molecule has 0 bridgehead atoms. The average molecular weight is 482 g/mol. The molecule has 9 heteroatoms. The Morgan fingerprint density at radius 3 is 2.70 bits per heavy atom. The van der Waals surface area contributed by atoms with E-state index >= 15 is 0 Å². The SMILES string of the molecule is CCCCC12CC=C(Cl)CN1C2C(C(=O)NC1CNCC(C)C1N1CCN(C)CC1)C(N)N. The van der Waals surface area contributed by atoms with Crippen molar-refractivity contribution >= 4 is 17.5 Å². The van der Waals surface area contributed by atoms with Crippen LogP contribution in [0.15, 0.2) is 11.1 Å². The molecular weight excluding hydrogens is 438 g/mol.